The van der Waals surface area contributed by atoms with Crippen LogP contribution in [0.15, 0.2) is 18.2 Å². The average molecular weight is 340 g/mol. The molecule has 0 spiro atoms. The first-order chi connectivity index (χ1) is 11.1. The number of hydrogen-bond acceptors (Lipinski definition) is 6. The van der Waals surface area contributed by atoms with E-state index in [0.717, 1.165) is 0 Å². The van der Waals surface area contributed by atoms with Crippen molar-refractivity contribution in [1.29, 1.82) is 0 Å². The number of aliphatic hydroxyl groups is 1. The number of ether oxygens (including phenoxy) is 1. The van der Waals surface area contributed by atoms with Crippen molar-refractivity contribution in [1.82, 2.24) is 0 Å². The fraction of sp³-hybridized carbons (Fsp3) is 0.588. The molecule has 2 rings (SSSR count). The van der Waals surface area contributed by atoms with Gasteiger partial charge in [0.05, 0.1) is 23.4 Å². The van der Waals surface area contributed by atoms with Gasteiger partial charge in [0.25, 0.3) is 0 Å². The number of nitrogens with one attached hydrogen (secondary N) is 1. The topological polar surface area (TPSA) is 82.0 Å². The van der Waals surface area contributed by atoms with Gasteiger partial charge in [-0.15, -0.1) is 0 Å². The highest BCUT2D eigenvalue weighted by molar-refractivity contribution is 5.71. The number of halogens is 1. The molecule has 1 saturated heterocycles. The summed E-state index contributed by atoms with van der Waals surface area (Å²) in [5.41, 5.74) is 0.878. The third-order valence-corrected chi connectivity index (χ3v) is 4.01. The lowest BCUT2D eigenvalue weighted by Gasteiger charge is -2.39. The number of nitrogens with zero attached hydrogens (tertiary/aromatic N) is 1. The second kappa shape index (κ2) is 6.94. The van der Waals surface area contributed by atoms with E-state index in [1.165, 1.54) is 6.07 Å². The Hall–Kier alpha value is -1.86. The normalized spacial score (nSPS) is 17.5. The predicted molar refractivity (Wildman–Crippen MR) is 88.7 cm³/mol. The molecule has 0 radical (unpaired) electrons. The molecule has 1 aliphatic heterocycles. The Morgan fingerprint density at radius 3 is 2.50 bits per heavy atom. The molecule has 134 valence electrons. The monoisotopic (exact) mass is 340 g/mol. The van der Waals surface area contributed by atoms with Crippen molar-refractivity contribution in [3.05, 3.63) is 24.0 Å². The summed E-state index contributed by atoms with van der Waals surface area (Å²) in [6.45, 7) is 6.21. The maximum absolute atomic E-state index is 14.1. The van der Waals surface area contributed by atoms with Gasteiger partial charge in [-0.1, -0.05) is 0 Å². The largest absolute Gasteiger partial charge is 0.460 e. The Kier molecular flexibility index (Phi) is 5.35. The van der Waals surface area contributed by atoms with E-state index >= 15 is 0 Å². The maximum atomic E-state index is 14.1. The highest BCUT2D eigenvalue weighted by Crippen LogP contribution is 2.31. The first-order valence-corrected chi connectivity index (χ1v) is 8.01. The molecule has 0 bridgehead atoms. The van der Waals surface area contributed by atoms with E-state index in [1.54, 1.807) is 32.9 Å². The van der Waals surface area contributed by atoms with E-state index in [0.29, 0.717) is 31.6 Å². The predicted octanol–water partition coefficient (Wildman–Crippen LogP) is 2.69. The van der Waals surface area contributed by atoms with Crippen LogP contribution in [0.3, 0.4) is 0 Å². The SMILES string of the molecule is CC(C)(C)OC(=O)CC1(O)CCN(c2ccc(NO)cc2F)CC1. The zero-order chi connectivity index (χ0) is 18.0. The van der Waals surface area contributed by atoms with Crippen LogP contribution in [-0.2, 0) is 9.53 Å². The first kappa shape index (κ1) is 18.5. The van der Waals surface area contributed by atoms with Crippen molar-refractivity contribution in [2.24, 2.45) is 0 Å². The lowest BCUT2D eigenvalue weighted by Crippen LogP contribution is -2.46. The molecule has 0 amide bonds. The summed E-state index contributed by atoms with van der Waals surface area (Å²) in [6.07, 6.45) is 0.644. The van der Waals surface area contributed by atoms with Crippen LogP contribution in [0.5, 0.6) is 0 Å². The first-order valence-electron chi connectivity index (χ1n) is 8.01. The standard InChI is InChI=1S/C17H25FN2O4/c1-16(2,3)24-15(21)11-17(22)6-8-20(9-7-17)14-5-4-12(19-23)10-13(14)18/h4-5,10,19,22-23H,6-9,11H2,1-3H3. The minimum absolute atomic E-state index is 0.0615. The molecule has 1 aromatic carbocycles. The zero-order valence-electron chi connectivity index (χ0n) is 14.3. The van der Waals surface area contributed by atoms with Gasteiger partial charge in [0.1, 0.15) is 11.4 Å². The van der Waals surface area contributed by atoms with Gasteiger partial charge in [0.15, 0.2) is 0 Å². The number of hydrogen-bond donors (Lipinski definition) is 3. The summed E-state index contributed by atoms with van der Waals surface area (Å²) < 4.78 is 19.3. The van der Waals surface area contributed by atoms with E-state index in [2.05, 4.69) is 0 Å². The van der Waals surface area contributed by atoms with Crippen molar-refractivity contribution >= 4 is 17.3 Å². The Morgan fingerprint density at radius 1 is 1.38 bits per heavy atom. The number of carbonyl (C=O) groups is 1. The van der Waals surface area contributed by atoms with Crippen LogP contribution >= 0.6 is 0 Å². The Labute approximate surface area is 141 Å². The molecule has 6 nitrogen and oxygen atoms in total. The third-order valence-electron chi connectivity index (χ3n) is 4.01. The van der Waals surface area contributed by atoms with Crippen molar-refractivity contribution < 1.29 is 24.2 Å². The number of anilines is 2. The van der Waals surface area contributed by atoms with Gasteiger partial charge >= 0.3 is 5.97 Å². The summed E-state index contributed by atoms with van der Waals surface area (Å²) in [6, 6.07) is 4.35. The molecule has 1 heterocycles. The van der Waals surface area contributed by atoms with Crippen molar-refractivity contribution in [3.63, 3.8) is 0 Å². The number of piperidine rings is 1. The Morgan fingerprint density at radius 2 is 2.00 bits per heavy atom. The molecule has 0 unspecified atom stereocenters. The fourth-order valence-corrected chi connectivity index (χ4v) is 2.82. The number of benzene rings is 1. The molecule has 1 fully saturated rings. The minimum atomic E-state index is -1.12. The lowest BCUT2D eigenvalue weighted by molar-refractivity contribution is -0.161. The van der Waals surface area contributed by atoms with Crippen LogP contribution in [0.2, 0.25) is 0 Å². The Bertz CT molecular complexity index is 593. The molecule has 1 aliphatic rings. The van der Waals surface area contributed by atoms with Gasteiger partial charge in [0, 0.05) is 19.2 Å². The summed E-state index contributed by atoms with van der Waals surface area (Å²) >= 11 is 0. The van der Waals surface area contributed by atoms with Gasteiger partial charge in [0.2, 0.25) is 0 Å². The maximum Gasteiger partial charge on any atom is 0.309 e. The van der Waals surface area contributed by atoms with E-state index in [4.69, 9.17) is 9.94 Å². The molecule has 0 aliphatic carbocycles. The minimum Gasteiger partial charge on any atom is -0.460 e. The molecule has 0 saturated carbocycles. The summed E-state index contributed by atoms with van der Waals surface area (Å²) in [5, 5.41) is 19.4. The number of rotatable bonds is 4. The second-order valence-corrected chi connectivity index (χ2v) is 7.25. The van der Waals surface area contributed by atoms with Gasteiger partial charge < -0.3 is 14.7 Å². The molecule has 1 aromatic rings. The summed E-state index contributed by atoms with van der Waals surface area (Å²) in [5.74, 6) is -0.880. The van der Waals surface area contributed by atoms with Gasteiger partial charge in [-0.3, -0.25) is 15.5 Å². The smallest absolute Gasteiger partial charge is 0.309 e. The molecule has 7 heteroatoms. The molecule has 0 aromatic heterocycles. The number of esters is 1. The quantitative estimate of drug-likeness (QED) is 0.577. The van der Waals surface area contributed by atoms with Gasteiger partial charge in [-0.25, -0.2) is 4.39 Å². The summed E-state index contributed by atoms with van der Waals surface area (Å²) in [4.78, 5) is 13.7. The van der Waals surface area contributed by atoms with Crippen molar-refractivity contribution in [3.8, 4) is 0 Å². The van der Waals surface area contributed by atoms with E-state index in [-0.39, 0.29) is 12.1 Å². The van der Waals surface area contributed by atoms with E-state index in [9.17, 15) is 14.3 Å². The fourth-order valence-electron chi connectivity index (χ4n) is 2.82. The van der Waals surface area contributed by atoms with Crippen molar-refractivity contribution in [2.45, 2.75) is 51.2 Å². The second-order valence-electron chi connectivity index (χ2n) is 7.25. The van der Waals surface area contributed by atoms with Gasteiger partial charge in [-0.05, 0) is 45.7 Å². The molecule has 3 N–H and O–H groups in total. The molecular weight excluding hydrogens is 315 g/mol. The van der Waals surface area contributed by atoms with Crippen LogP contribution in [0.1, 0.15) is 40.0 Å². The van der Waals surface area contributed by atoms with E-state index in [1.807, 2.05) is 10.4 Å². The molecule has 0 atom stereocenters. The van der Waals surface area contributed by atoms with Crippen LogP contribution in [-0.4, -0.2) is 40.6 Å². The highest BCUT2D eigenvalue weighted by atomic mass is 19.1. The third kappa shape index (κ3) is 4.82. The van der Waals surface area contributed by atoms with Crippen molar-refractivity contribution in [2.75, 3.05) is 23.5 Å². The highest BCUT2D eigenvalue weighted by Gasteiger charge is 2.36. The zero-order valence-corrected chi connectivity index (χ0v) is 14.3. The van der Waals surface area contributed by atoms with Crippen LogP contribution in [0.4, 0.5) is 15.8 Å². The van der Waals surface area contributed by atoms with E-state index < -0.39 is 23.0 Å². The van der Waals surface area contributed by atoms with Crippen LogP contribution in [0, 0.1) is 5.82 Å². The van der Waals surface area contributed by atoms with Crippen LogP contribution in [0.25, 0.3) is 0 Å². The van der Waals surface area contributed by atoms with Gasteiger partial charge in [-0.2, -0.15) is 0 Å². The molecule has 24 heavy (non-hydrogen) atoms. The Balaban J connectivity index is 1.96. The molecular formula is C17H25FN2O4. The van der Waals surface area contributed by atoms with Crippen LogP contribution < -0.4 is 10.4 Å². The lowest BCUT2D eigenvalue weighted by atomic mass is 9.88. The average Bonchev–Trinajstić information content (AvgIpc) is 2.46. The summed E-state index contributed by atoms with van der Waals surface area (Å²) in [7, 11) is 0. The number of carbonyl (C=O) groups excluding carboxylic acids is 1.